The minimum atomic E-state index is -0.309. The maximum atomic E-state index is 12.2. The van der Waals surface area contributed by atoms with Crippen LogP contribution in [0, 0.1) is 13.8 Å². The molecule has 0 aliphatic rings. The van der Waals surface area contributed by atoms with Gasteiger partial charge in [-0.15, -0.1) is 0 Å². The Labute approximate surface area is 378 Å². The van der Waals surface area contributed by atoms with Crippen molar-refractivity contribution in [3.63, 3.8) is 0 Å². The minimum absolute atomic E-state index is 0. The monoisotopic (exact) mass is 860 g/mol. The number of aromatic hydroxyl groups is 2. The van der Waals surface area contributed by atoms with E-state index in [4.69, 9.17) is 9.98 Å². The molecule has 0 unspecified atom stereocenters. The summed E-state index contributed by atoms with van der Waals surface area (Å²) in [5.74, 6) is 0.486. The Balaban J connectivity index is 0.00000704. The summed E-state index contributed by atoms with van der Waals surface area (Å²) in [5, 5.41) is 24.4. The van der Waals surface area contributed by atoms with Crippen molar-refractivity contribution in [1.82, 2.24) is 0 Å². The molecule has 61 heavy (non-hydrogen) atoms. The molecule has 6 aromatic rings. The SMILES string of the molecule is Cc1ccc(-c2ccc(C)cc2N=C(c2ccccc2)c2cc(C(C)(C)C)cc(C(C)(C)C)c2O)c(N=C(c2ccccc2)c2cc(C(C)(C)C)cc(C(C)(C)C)c2O)c1.[Zn]. The van der Waals surface area contributed by atoms with E-state index in [1.165, 1.54) is 0 Å². The molecular formula is C56H64N2O2Zn. The van der Waals surface area contributed by atoms with Gasteiger partial charge in [-0.3, -0.25) is 0 Å². The summed E-state index contributed by atoms with van der Waals surface area (Å²) in [6.45, 7) is 30.3. The standard InChI is InChI=1S/C56H64N2O2.Zn/c1-35-25-27-41(47(29-35)57-49(37-21-17-15-18-22-37)43-31-39(53(3,4)5)33-45(51(43)59)55(9,10)11)42-28-26-36(2)30-48(42)58-50(38-23-19-16-20-24-38)44-32-40(54(6,7)8)34-46(52(44)60)56(12,13)14;/h15-34,59-60H,1-14H3;. The van der Waals surface area contributed by atoms with E-state index in [1.807, 2.05) is 36.4 Å². The van der Waals surface area contributed by atoms with Crippen molar-refractivity contribution < 1.29 is 29.7 Å². The second-order valence-electron chi connectivity index (χ2n) is 20.5. The van der Waals surface area contributed by atoms with Crippen molar-refractivity contribution in [2.75, 3.05) is 0 Å². The quantitative estimate of drug-likeness (QED) is 0.124. The van der Waals surface area contributed by atoms with E-state index in [0.717, 1.165) is 67.0 Å². The normalized spacial score (nSPS) is 13.0. The first-order valence-electron chi connectivity index (χ1n) is 21.2. The molecule has 0 atom stereocenters. The van der Waals surface area contributed by atoms with Crippen LogP contribution in [-0.4, -0.2) is 21.6 Å². The van der Waals surface area contributed by atoms with E-state index < -0.39 is 0 Å². The van der Waals surface area contributed by atoms with Crippen molar-refractivity contribution in [3.8, 4) is 22.6 Å². The van der Waals surface area contributed by atoms with Crippen LogP contribution in [0.4, 0.5) is 11.4 Å². The summed E-state index contributed by atoms with van der Waals surface area (Å²) in [7, 11) is 0. The van der Waals surface area contributed by atoms with Crippen molar-refractivity contribution in [2.45, 2.75) is 119 Å². The van der Waals surface area contributed by atoms with Crippen LogP contribution in [0.25, 0.3) is 11.1 Å². The third-order valence-electron chi connectivity index (χ3n) is 11.2. The minimum Gasteiger partial charge on any atom is -0.507 e. The Morgan fingerprint density at radius 1 is 0.410 bits per heavy atom. The third-order valence-corrected chi connectivity index (χ3v) is 11.2. The fourth-order valence-corrected chi connectivity index (χ4v) is 7.56. The van der Waals surface area contributed by atoms with E-state index in [9.17, 15) is 10.2 Å². The number of phenolic OH excluding ortho intramolecular Hbond substituents is 2. The third kappa shape index (κ3) is 10.5. The van der Waals surface area contributed by atoms with E-state index in [2.05, 4.69) is 182 Å². The summed E-state index contributed by atoms with van der Waals surface area (Å²) >= 11 is 0. The molecular weight excluding hydrogens is 798 g/mol. The predicted octanol–water partition coefficient (Wildman–Crippen LogP) is 14.9. The van der Waals surface area contributed by atoms with Crippen LogP contribution in [0.15, 0.2) is 131 Å². The molecule has 0 heterocycles. The molecule has 0 spiro atoms. The zero-order chi connectivity index (χ0) is 43.9. The van der Waals surface area contributed by atoms with Crippen LogP contribution in [-0.2, 0) is 41.1 Å². The van der Waals surface area contributed by atoms with E-state index >= 15 is 0 Å². The van der Waals surface area contributed by atoms with Crippen molar-refractivity contribution in [3.05, 3.63) is 177 Å². The van der Waals surface area contributed by atoms with Crippen LogP contribution in [0.2, 0.25) is 0 Å². The van der Waals surface area contributed by atoms with Gasteiger partial charge in [-0.25, -0.2) is 9.98 Å². The van der Waals surface area contributed by atoms with Gasteiger partial charge in [-0.2, -0.15) is 0 Å². The van der Waals surface area contributed by atoms with E-state index in [0.29, 0.717) is 22.6 Å². The molecule has 312 valence electrons. The average molecular weight is 863 g/mol. The fraction of sp³-hybridized carbons (Fsp3) is 0.321. The van der Waals surface area contributed by atoms with Crippen LogP contribution in [0.3, 0.4) is 0 Å². The number of aliphatic imine (C=N–C) groups is 2. The summed E-state index contributed by atoms with van der Waals surface area (Å²) in [4.78, 5) is 11.1. The van der Waals surface area contributed by atoms with Gasteiger partial charge < -0.3 is 10.2 Å². The first kappa shape index (κ1) is 46.9. The molecule has 6 rings (SSSR count). The Hall–Kier alpha value is -5.12. The summed E-state index contributed by atoms with van der Waals surface area (Å²) in [6.07, 6.45) is 0. The van der Waals surface area contributed by atoms with Crippen LogP contribution in [0.1, 0.15) is 139 Å². The molecule has 0 fully saturated rings. The molecule has 2 N–H and O–H groups in total. The molecule has 0 amide bonds. The number of benzene rings is 6. The van der Waals surface area contributed by atoms with Crippen molar-refractivity contribution >= 4 is 22.8 Å². The van der Waals surface area contributed by atoms with Gasteiger partial charge in [-0.1, -0.05) is 180 Å². The maximum absolute atomic E-state index is 12.2. The number of rotatable bonds is 7. The maximum Gasteiger partial charge on any atom is 0.128 e. The van der Waals surface area contributed by atoms with E-state index in [-0.39, 0.29) is 52.6 Å². The van der Waals surface area contributed by atoms with Gasteiger partial charge >= 0.3 is 0 Å². The molecule has 4 nitrogen and oxygen atoms in total. The van der Waals surface area contributed by atoms with Gasteiger partial charge in [0.15, 0.2) is 0 Å². The molecule has 0 saturated carbocycles. The summed E-state index contributed by atoms with van der Waals surface area (Å²) in [5.41, 5.74) is 13.1. The van der Waals surface area contributed by atoms with Crippen LogP contribution >= 0.6 is 0 Å². The number of aryl methyl sites for hydroxylation is 2. The first-order chi connectivity index (χ1) is 27.9. The van der Waals surface area contributed by atoms with E-state index in [1.54, 1.807) is 0 Å². The van der Waals surface area contributed by atoms with Crippen molar-refractivity contribution in [1.29, 1.82) is 0 Å². The number of phenols is 2. The van der Waals surface area contributed by atoms with Gasteiger partial charge in [0.2, 0.25) is 0 Å². The zero-order valence-electron chi connectivity index (χ0n) is 39.0. The predicted molar refractivity (Wildman–Crippen MR) is 256 cm³/mol. The average Bonchev–Trinajstić information content (AvgIpc) is 3.15. The molecule has 5 heteroatoms. The van der Waals surface area contributed by atoms with Gasteiger partial charge in [0.05, 0.1) is 22.8 Å². The first-order valence-corrected chi connectivity index (χ1v) is 21.2. The molecule has 0 bridgehead atoms. The van der Waals surface area contributed by atoms with Crippen LogP contribution in [0.5, 0.6) is 11.5 Å². The van der Waals surface area contributed by atoms with Crippen molar-refractivity contribution in [2.24, 2.45) is 9.98 Å². The molecule has 0 aromatic heterocycles. The Bertz CT molecular complexity index is 2410. The molecule has 0 aliphatic carbocycles. The fourth-order valence-electron chi connectivity index (χ4n) is 7.56. The smallest absolute Gasteiger partial charge is 0.128 e. The van der Waals surface area contributed by atoms with Crippen LogP contribution < -0.4 is 0 Å². The number of hydrogen-bond acceptors (Lipinski definition) is 4. The van der Waals surface area contributed by atoms with Gasteiger partial charge in [0.1, 0.15) is 11.5 Å². The Kier molecular flexibility index (Phi) is 13.6. The molecule has 6 aromatic carbocycles. The zero-order valence-corrected chi connectivity index (χ0v) is 42.0. The Morgan fingerprint density at radius 2 is 0.738 bits per heavy atom. The number of hydrogen-bond donors (Lipinski definition) is 2. The number of nitrogens with zero attached hydrogens (tertiary/aromatic N) is 2. The van der Waals surface area contributed by atoms with Gasteiger partial charge in [0, 0.05) is 64.0 Å². The second-order valence-corrected chi connectivity index (χ2v) is 20.5. The molecule has 0 radical (unpaired) electrons. The topological polar surface area (TPSA) is 65.2 Å². The molecule has 0 aliphatic heterocycles. The summed E-state index contributed by atoms with van der Waals surface area (Å²) in [6, 6.07) is 41.6. The summed E-state index contributed by atoms with van der Waals surface area (Å²) < 4.78 is 0. The largest absolute Gasteiger partial charge is 0.507 e. The van der Waals surface area contributed by atoms with Gasteiger partial charge in [0.25, 0.3) is 0 Å². The molecule has 0 saturated heterocycles. The van der Waals surface area contributed by atoms with Gasteiger partial charge in [-0.05, 0) is 82.0 Å². The Morgan fingerprint density at radius 3 is 1.03 bits per heavy atom. The second kappa shape index (κ2) is 17.7.